The van der Waals surface area contributed by atoms with Crippen LogP contribution in [-0.4, -0.2) is 24.1 Å². The van der Waals surface area contributed by atoms with Crippen molar-refractivity contribution in [3.63, 3.8) is 0 Å². The molecule has 3 heterocycles. The molecule has 0 aliphatic heterocycles. The molecule has 11 rings (SSSR count). The molecule has 8 aromatic carbocycles. The molecule has 0 atom stereocenters. The first-order chi connectivity index (χ1) is 27.8. The maximum Gasteiger partial charge on any atom is 0.238 e. The average Bonchev–Trinajstić information content (AvgIpc) is 3.80. The molecule has 0 N–H and O–H groups in total. The topological polar surface area (TPSA) is 48.5 Å². The van der Waals surface area contributed by atoms with Crippen molar-refractivity contribution in [2.24, 2.45) is 0 Å². The fraction of sp³-hybridized carbons (Fsp3) is 0. The van der Waals surface area contributed by atoms with E-state index in [1.807, 2.05) is 36.4 Å². The highest BCUT2D eigenvalue weighted by molar-refractivity contribution is 6.24. The number of fused-ring (bicyclic) bond motifs is 7. The summed E-state index contributed by atoms with van der Waals surface area (Å²) in [4.78, 5) is 15.6. The van der Waals surface area contributed by atoms with E-state index < -0.39 is 0 Å². The van der Waals surface area contributed by atoms with Crippen molar-refractivity contribution in [2.45, 2.75) is 0 Å². The smallest absolute Gasteiger partial charge is 0.238 e. The van der Waals surface area contributed by atoms with Crippen LogP contribution in [0.2, 0.25) is 0 Å². The van der Waals surface area contributed by atoms with Crippen molar-refractivity contribution in [3.8, 4) is 56.7 Å². The molecule has 0 unspecified atom stereocenters. The largest absolute Gasteiger partial charge is 0.307 e. The van der Waals surface area contributed by atoms with Crippen LogP contribution in [0, 0.1) is 0 Å². The summed E-state index contributed by atoms with van der Waals surface area (Å²) in [7, 11) is 0. The minimum Gasteiger partial charge on any atom is -0.307 e. The number of hydrogen-bond acceptors (Lipinski definition) is 3. The SMILES string of the molecule is c1ccc(-c2cccc(-c3ccc4c(c3)c3ccc5c6ccccc6n(-c6ccccc6)c5c3n4-c3nc(-c4ccccc4)nc(-c4ccccc4)n3)c2)cc1. The van der Waals surface area contributed by atoms with E-state index in [0.29, 0.717) is 17.6 Å². The molecule has 0 spiro atoms. The molecule has 0 saturated carbocycles. The van der Waals surface area contributed by atoms with Gasteiger partial charge in [-0.1, -0.05) is 164 Å². The van der Waals surface area contributed by atoms with Crippen molar-refractivity contribution in [1.29, 1.82) is 0 Å². The van der Waals surface area contributed by atoms with E-state index in [4.69, 9.17) is 15.0 Å². The van der Waals surface area contributed by atoms with Gasteiger partial charge < -0.3 is 4.57 Å². The fourth-order valence-electron chi connectivity index (χ4n) is 8.19. The van der Waals surface area contributed by atoms with Crippen LogP contribution in [0.3, 0.4) is 0 Å². The molecule has 0 saturated heterocycles. The zero-order chi connectivity index (χ0) is 37.0. The van der Waals surface area contributed by atoms with Gasteiger partial charge in [0.15, 0.2) is 11.6 Å². The molecular formula is C51H33N5. The Morgan fingerprint density at radius 3 is 1.43 bits per heavy atom. The van der Waals surface area contributed by atoms with Gasteiger partial charge >= 0.3 is 0 Å². The molecule has 0 amide bonds. The predicted octanol–water partition coefficient (Wildman–Crippen LogP) is 12.7. The van der Waals surface area contributed by atoms with E-state index in [1.54, 1.807) is 0 Å². The van der Waals surface area contributed by atoms with Crippen LogP contribution in [0.15, 0.2) is 200 Å². The van der Waals surface area contributed by atoms with Crippen molar-refractivity contribution in [2.75, 3.05) is 0 Å². The number of benzene rings is 8. The Bertz CT molecular complexity index is 3160. The molecule has 0 aliphatic rings. The van der Waals surface area contributed by atoms with Crippen LogP contribution in [-0.2, 0) is 0 Å². The highest BCUT2D eigenvalue weighted by Crippen LogP contribution is 2.42. The monoisotopic (exact) mass is 715 g/mol. The zero-order valence-corrected chi connectivity index (χ0v) is 30.3. The van der Waals surface area contributed by atoms with Gasteiger partial charge in [0.1, 0.15) is 0 Å². The third-order valence-electron chi connectivity index (χ3n) is 10.8. The van der Waals surface area contributed by atoms with Crippen LogP contribution < -0.4 is 0 Å². The molecule has 0 radical (unpaired) electrons. The predicted molar refractivity (Wildman–Crippen MR) is 230 cm³/mol. The number of aromatic nitrogens is 5. The van der Waals surface area contributed by atoms with Crippen LogP contribution >= 0.6 is 0 Å². The quantitative estimate of drug-likeness (QED) is 0.172. The van der Waals surface area contributed by atoms with Gasteiger partial charge in [-0.3, -0.25) is 4.57 Å². The van der Waals surface area contributed by atoms with E-state index in [9.17, 15) is 0 Å². The molecule has 0 aliphatic carbocycles. The Kier molecular flexibility index (Phi) is 7.42. The highest BCUT2D eigenvalue weighted by Gasteiger charge is 2.24. The van der Waals surface area contributed by atoms with Gasteiger partial charge in [-0.15, -0.1) is 0 Å². The first-order valence-corrected chi connectivity index (χ1v) is 18.9. The number of rotatable bonds is 6. The summed E-state index contributed by atoms with van der Waals surface area (Å²) in [5, 5.41) is 4.60. The summed E-state index contributed by atoms with van der Waals surface area (Å²) >= 11 is 0. The van der Waals surface area contributed by atoms with E-state index in [2.05, 4.69) is 173 Å². The van der Waals surface area contributed by atoms with E-state index in [0.717, 1.165) is 66.2 Å². The Hall–Kier alpha value is -7.63. The fourth-order valence-corrected chi connectivity index (χ4v) is 8.19. The lowest BCUT2D eigenvalue weighted by Gasteiger charge is -2.13. The van der Waals surface area contributed by atoms with Gasteiger partial charge in [0.2, 0.25) is 5.95 Å². The maximum atomic E-state index is 5.29. The third-order valence-corrected chi connectivity index (χ3v) is 10.8. The van der Waals surface area contributed by atoms with Crippen molar-refractivity contribution in [1.82, 2.24) is 24.1 Å². The zero-order valence-electron chi connectivity index (χ0n) is 30.3. The summed E-state index contributed by atoms with van der Waals surface area (Å²) in [6.07, 6.45) is 0. The molecule has 0 fully saturated rings. The molecule has 11 aromatic rings. The van der Waals surface area contributed by atoms with Crippen LogP contribution in [0.5, 0.6) is 0 Å². The minimum absolute atomic E-state index is 0.564. The van der Waals surface area contributed by atoms with E-state index in [-0.39, 0.29) is 0 Å². The second-order valence-electron chi connectivity index (χ2n) is 14.1. The van der Waals surface area contributed by atoms with Crippen molar-refractivity contribution < 1.29 is 0 Å². The molecule has 5 nitrogen and oxygen atoms in total. The first kappa shape index (κ1) is 31.9. The van der Waals surface area contributed by atoms with Gasteiger partial charge in [0.25, 0.3) is 0 Å². The van der Waals surface area contributed by atoms with Gasteiger partial charge in [-0.05, 0) is 58.7 Å². The molecule has 56 heavy (non-hydrogen) atoms. The maximum absolute atomic E-state index is 5.29. The summed E-state index contributed by atoms with van der Waals surface area (Å²) < 4.78 is 4.65. The Morgan fingerprint density at radius 1 is 0.286 bits per heavy atom. The van der Waals surface area contributed by atoms with Gasteiger partial charge in [-0.25, -0.2) is 4.98 Å². The lowest BCUT2D eigenvalue weighted by molar-refractivity contribution is 0.953. The molecule has 5 heteroatoms. The van der Waals surface area contributed by atoms with E-state index >= 15 is 0 Å². The normalized spacial score (nSPS) is 11.6. The second kappa shape index (κ2) is 13.0. The lowest BCUT2D eigenvalue weighted by atomic mass is 9.98. The second-order valence-corrected chi connectivity index (χ2v) is 14.1. The molecule has 262 valence electrons. The van der Waals surface area contributed by atoms with Crippen molar-refractivity contribution in [3.05, 3.63) is 200 Å². The van der Waals surface area contributed by atoms with Gasteiger partial charge in [0, 0.05) is 38.4 Å². The number of nitrogens with zero attached hydrogens (tertiary/aromatic N) is 5. The molecular weight excluding hydrogens is 683 g/mol. The Labute approximate surface area is 323 Å². The highest BCUT2D eigenvalue weighted by atomic mass is 15.2. The summed E-state index contributed by atoms with van der Waals surface area (Å²) in [5.41, 5.74) is 11.9. The Balaban J connectivity index is 1.27. The van der Waals surface area contributed by atoms with Gasteiger partial charge in [-0.2, -0.15) is 9.97 Å². The standard InChI is InChI=1S/C51H33N5/c1-5-16-34(17-6-1)37-22-15-23-38(32-37)39-28-31-46-44(33-39)43-30-29-42-41-26-13-14-27-45(41)55(40-24-11-4-12-25-40)47(42)48(43)56(46)51-53-49(35-18-7-2-8-19-35)52-50(54-51)36-20-9-3-10-21-36/h1-33H. The van der Waals surface area contributed by atoms with Gasteiger partial charge in [0.05, 0.1) is 22.1 Å². The molecule has 3 aromatic heterocycles. The third kappa shape index (κ3) is 5.21. The van der Waals surface area contributed by atoms with Crippen LogP contribution in [0.1, 0.15) is 0 Å². The first-order valence-electron chi connectivity index (χ1n) is 18.9. The lowest BCUT2D eigenvalue weighted by Crippen LogP contribution is -2.07. The van der Waals surface area contributed by atoms with E-state index in [1.165, 1.54) is 16.5 Å². The average molecular weight is 716 g/mol. The molecule has 0 bridgehead atoms. The van der Waals surface area contributed by atoms with Crippen molar-refractivity contribution >= 4 is 43.6 Å². The summed E-state index contributed by atoms with van der Waals surface area (Å²) in [5.74, 6) is 1.80. The van der Waals surface area contributed by atoms with Crippen LogP contribution in [0.4, 0.5) is 0 Å². The number of hydrogen-bond donors (Lipinski definition) is 0. The van der Waals surface area contributed by atoms with Crippen LogP contribution in [0.25, 0.3) is 100 Å². The summed E-state index contributed by atoms with van der Waals surface area (Å²) in [6, 6.07) is 70.4. The summed E-state index contributed by atoms with van der Waals surface area (Å²) in [6.45, 7) is 0. The minimum atomic E-state index is 0.564. The number of para-hydroxylation sites is 2. The Morgan fingerprint density at radius 2 is 0.768 bits per heavy atom.